The standard InChI is InChI=1S/C12H16O4/c13-8-4-7-11(12(14)15)16-9-10-5-2-1-3-6-10/h1-3,5-6,11,13H,4,7-9H2,(H,14,15). The minimum Gasteiger partial charge on any atom is -0.479 e. The fourth-order valence-corrected chi connectivity index (χ4v) is 1.33. The lowest BCUT2D eigenvalue weighted by Crippen LogP contribution is -2.24. The lowest BCUT2D eigenvalue weighted by molar-refractivity contribution is -0.151. The van der Waals surface area contributed by atoms with E-state index >= 15 is 0 Å². The van der Waals surface area contributed by atoms with E-state index in [2.05, 4.69) is 0 Å². The molecule has 0 aliphatic heterocycles. The van der Waals surface area contributed by atoms with Crippen molar-refractivity contribution < 1.29 is 19.7 Å². The Bertz CT molecular complexity index is 310. The second-order valence-electron chi connectivity index (χ2n) is 3.49. The summed E-state index contributed by atoms with van der Waals surface area (Å²) in [4.78, 5) is 10.8. The molecule has 0 aliphatic rings. The molecule has 4 heteroatoms. The van der Waals surface area contributed by atoms with Gasteiger partial charge in [0.25, 0.3) is 0 Å². The summed E-state index contributed by atoms with van der Waals surface area (Å²) in [6.45, 7) is 0.266. The maximum Gasteiger partial charge on any atom is 0.332 e. The highest BCUT2D eigenvalue weighted by molar-refractivity contribution is 5.72. The molecule has 0 saturated heterocycles. The molecule has 0 aliphatic carbocycles. The van der Waals surface area contributed by atoms with Crippen LogP contribution in [-0.2, 0) is 16.1 Å². The Morgan fingerprint density at radius 2 is 2.00 bits per heavy atom. The van der Waals surface area contributed by atoms with Gasteiger partial charge in [0.1, 0.15) is 0 Å². The molecule has 0 radical (unpaired) electrons. The van der Waals surface area contributed by atoms with Crippen LogP contribution >= 0.6 is 0 Å². The Balaban J connectivity index is 2.41. The third-order valence-corrected chi connectivity index (χ3v) is 2.19. The van der Waals surface area contributed by atoms with Gasteiger partial charge in [-0.05, 0) is 18.4 Å². The Labute approximate surface area is 94.5 Å². The van der Waals surface area contributed by atoms with Crippen LogP contribution in [0.15, 0.2) is 30.3 Å². The molecule has 0 amide bonds. The van der Waals surface area contributed by atoms with Crippen LogP contribution in [0.5, 0.6) is 0 Å². The number of hydrogen-bond acceptors (Lipinski definition) is 3. The van der Waals surface area contributed by atoms with Crippen LogP contribution in [0.2, 0.25) is 0 Å². The molecule has 4 nitrogen and oxygen atoms in total. The fourth-order valence-electron chi connectivity index (χ4n) is 1.33. The van der Waals surface area contributed by atoms with Crippen molar-refractivity contribution in [3.8, 4) is 0 Å². The molecule has 0 aromatic heterocycles. The monoisotopic (exact) mass is 224 g/mol. The number of hydrogen-bond donors (Lipinski definition) is 2. The molecule has 0 saturated carbocycles. The highest BCUT2D eigenvalue weighted by Gasteiger charge is 2.17. The summed E-state index contributed by atoms with van der Waals surface area (Å²) < 4.78 is 5.28. The Morgan fingerprint density at radius 1 is 1.31 bits per heavy atom. The Kier molecular flexibility index (Phi) is 5.53. The number of aliphatic hydroxyl groups is 1. The number of aliphatic hydroxyl groups excluding tert-OH is 1. The molecule has 88 valence electrons. The average Bonchev–Trinajstić information content (AvgIpc) is 2.30. The van der Waals surface area contributed by atoms with Gasteiger partial charge in [0.2, 0.25) is 0 Å². The fraction of sp³-hybridized carbons (Fsp3) is 0.417. The van der Waals surface area contributed by atoms with E-state index in [9.17, 15) is 4.79 Å². The first-order valence-electron chi connectivity index (χ1n) is 5.23. The van der Waals surface area contributed by atoms with E-state index in [4.69, 9.17) is 14.9 Å². The van der Waals surface area contributed by atoms with Crippen LogP contribution in [0.3, 0.4) is 0 Å². The first kappa shape index (κ1) is 12.7. The summed E-state index contributed by atoms with van der Waals surface area (Å²) in [5, 5.41) is 17.5. The van der Waals surface area contributed by atoms with Crippen molar-refractivity contribution in [2.24, 2.45) is 0 Å². The van der Waals surface area contributed by atoms with Gasteiger partial charge in [0.15, 0.2) is 6.10 Å². The predicted molar refractivity (Wildman–Crippen MR) is 59.0 cm³/mol. The molecule has 1 rings (SSSR count). The number of carboxylic acids is 1. The smallest absolute Gasteiger partial charge is 0.332 e. The van der Waals surface area contributed by atoms with E-state index in [1.54, 1.807) is 0 Å². The molecule has 1 aromatic rings. The van der Waals surface area contributed by atoms with Gasteiger partial charge in [-0.2, -0.15) is 0 Å². The van der Waals surface area contributed by atoms with E-state index in [-0.39, 0.29) is 13.2 Å². The number of rotatable bonds is 7. The lowest BCUT2D eigenvalue weighted by atomic mass is 10.2. The molecule has 0 heterocycles. The molecular weight excluding hydrogens is 208 g/mol. The number of carboxylic acid groups (broad SMARTS) is 1. The Hall–Kier alpha value is -1.39. The maximum absolute atomic E-state index is 10.8. The first-order valence-corrected chi connectivity index (χ1v) is 5.23. The molecular formula is C12H16O4. The maximum atomic E-state index is 10.8. The third-order valence-electron chi connectivity index (χ3n) is 2.19. The minimum atomic E-state index is -0.982. The number of ether oxygens (including phenoxy) is 1. The van der Waals surface area contributed by atoms with Crippen LogP contribution in [0.1, 0.15) is 18.4 Å². The first-order chi connectivity index (χ1) is 7.74. The zero-order valence-electron chi connectivity index (χ0n) is 9.00. The van der Waals surface area contributed by atoms with Crippen molar-refractivity contribution in [3.63, 3.8) is 0 Å². The molecule has 16 heavy (non-hydrogen) atoms. The number of carbonyl (C=O) groups is 1. The van der Waals surface area contributed by atoms with E-state index in [0.29, 0.717) is 12.8 Å². The van der Waals surface area contributed by atoms with Crippen molar-refractivity contribution >= 4 is 5.97 Å². The van der Waals surface area contributed by atoms with Gasteiger partial charge >= 0.3 is 5.97 Å². The lowest BCUT2D eigenvalue weighted by Gasteiger charge is -2.12. The summed E-state index contributed by atoms with van der Waals surface area (Å²) in [7, 11) is 0. The summed E-state index contributed by atoms with van der Waals surface area (Å²) in [5.74, 6) is -0.982. The quantitative estimate of drug-likeness (QED) is 0.735. The van der Waals surface area contributed by atoms with Gasteiger partial charge in [-0.25, -0.2) is 4.79 Å². The highest BCUT2D eigenvalue weighted by atomic mass is 16.5. The van der Waals surface area contributed by atoms with E-state index in [0.717, 1.165) is 5.56 Å². The second kappa shape index (κ2) is 6.98. The molecule has 0 bridgehead atoms. The zero-order chi connectivity index (χ0) is 11.8. The van der Waals surface area contributed by atoms with E-state index < -0.39 is 12.1 Å². The molecule has 0 spiro atoms. The van der Waals surface area contributed by atoms with Crippen molar-refractivity contribution in [3.05, 3.63) is 35.9 Å². The van der Waals surface area contributed by atoms with Gasteiger partial charge in [-0.1, -0.05) is 30.3 Å². The third kappa shape index (κ3) is 4.42. The predicted octanol–water partition coefficient (Wildman–Crippen LogP) is 1.43. The van der Waals surface area contributed by atoms with Crippen LogP contribution in [0.25, 0.3) is 0 Å². The summed E-state index contributed by atoms with van der Waals surface area (Å²) in [6.07, 6.45) is -0.0721. The van der Waals surface area contributed by atoms with E-state index in [1.807, 2.05) is 30.3 Å². The average molecular weight is 224 g/mol. The van der Waals surface area contributed by atoms with Crippen LogP contribution < -0.4 is 0 Å². The summed E-state index contributed by atoms with van der Waals surface area (Å²) in [5.41, 5.74) is 0.942. The summed E-state index contributed by atoms with van der Waals surface area (Å²) in [6, 6.07) is 9.41. The second-order valence-corrected chi connectivity index (χ2v) is 3.49. The van der Waals surface area contributed by atoms with Crippen molar-refractivity contribution in [1.82, 2.24) is 0 Å². The van der Waals surface area contributed by atoms with Crippen LogP contribution in [0, 0.1) is 0 Å². The largest absolute Gasteiger partial charge is 0.479 e. The van der Waals surface area contributed by atoms with Crippen LogP contribution in [-0.4, -0.2) is 28.9 Å². The molecule has 2 N–H and O–H groups in total. The van der Waals surface area contributed by atoms with Gasteiger partial charge < -0.3 is 14.9 Å². The summed E-state index contributed by atoms with van der Waals surface area (Å²) >= 11 is 0. The SMILES string of the molecule is O=C(O)C(CCCO)OCc1ccccc1. The minimum absolute atomic E-state index is 0.0154. The van der Waals surface area contributed by atoms with E-state index in [1.165, 1.54) is 0 Å². The van der Waals surface area contributed by atoms with Crippen LogP contribution in [0.4, 0.5) is 0 Å². The van der Waals surface area contributed by atoms with Gasteiger partial charge in [0.05, 0.1) is 6.61 Å². The zero-order valence-corrected chi connectivity index (χ0v) is 9.00. The van der Waals surface area contributed by atoms with Gasteiger partial charge in [-0.15, -0.1) is 0 Å². The van der Waals surface area contributed by atoms with Gasteiger partial charge in [-0.3, -0.25) is 0 Å². The van der Waals surface area contributed by atoms with Crippen molar-refractivity contribution in [2.75, 3.05) is 6.61 Å². The number of benzene rings is 1. The van der Waals surface area contributed by atoms with Crippen molar-refractivity contribution in [1.29, 1.82) is 0 Å². The van der Waals surface area contributed by atoms with Gasteiger partial charge in [0, 0.05) is 6.61 Å². The normalized spacial score (nSPS) is 12.3. The molecule has 1 aromatic carbocycles. The molecule has 0 fully saturated rings. The highest BCUT2D eigenvalue weighted by Crippen LogP contribution is 2.07. The molecule has 1 unspecified atom stereocenters. The Morgan fingerprint density at radius 3 is 2.56 bits per heavy atom. The van der Waals surface area contributed by atoms with Crippen molar-refractivity contribution in [2.45, 2.75) is 25.6 Å². The number of aliphatic carboxylic acids is 1. The topological polar surface area (TPSA) is 66.8 Å². The molecule has 1 atom stereocenters.